The Morgan fingerprint density at radius 2 is 2.07 bits per heavy atom. The Hall–Kier alpha value is -3.65. The predicted octanol–water partition coefficient (Wildman–Crippen LogP) is 4.80. The van der Waals surface area contributed by atoms with E-state index in [0.29, 0.717) is 27.6 Å². The minimum atomic E-state index is -0.523. The molecule has 7 nitrogen and oxygen atoms in total. The summed E-state index contributed by atoms with van der Waals surface area (Å²) < 4.78 is 19.5. The minimum Gasteiger partial charge on any atom is -0.462 e. The average Bonchev–Trinajstić information content (AvgIpc) is 2.76. The second kappa shape index (κ2) is 8.38. The van der Waals surface area contributed by atoms with Gasteiger partial charge >= 0.3 is 5.97 Å². The zero-order chi connectivity index (χ0) is 21.1. The Morgan fingerprint density at radius 3 is 2.90 bits per heavy atom. The van der Waals surface area contributed by atoms with Gasteiger partial charge in [-0.2, -0.15) is 0 Å². The zero-order valence-electron chi connectivity index (χ0n) is 15.8. The Labute approximate surface area is 175 Å². The quantitative estimate of drug-likeness (QED) is 0.461. The van der Waals surface area contributed by atoms with Crippen molar-refractivity contribution in [1.29, 1.82) is 0 Å². The number of hydrogen-bond donors (Lipinski definition) is 1. The van der Waals surface area contributed by atoms with E-state index in [1.807, 2.05) is 0 Å². The maximum Gasteiger partial charge on any atom is 0.341 e. The lowest BCUT2D eigenvalue weighted by atomic mass is 10.2. The normalized spacial score (nSPS) is 10.8. The van der Waals surface area contributed by atoms with Crippen LogP contribution in [0, 0.1) is 5.82 Å². The van der Waals surface area contributed by atoms with Gasteiger partial charge in [0.25, 0.3) is 0 Å². The monoisotopic (exact) mass is 423 g/mol. The Bertz CT molecular complexity index is 1250. The van der Waals surface area contributed by atoms with Gasteiger partial charge in [-0.3, -0.25) is 4.98 Å². The maximum absolute atomic E-state index is 14.4. The van der Waals surface area contributed by atoms with Gasteiger partial charge in [-0.05, 0) is 43.3 Å². The standard InChI is InChI=1S/C21H15ClFN5O2/c1-2-30-21(29)15-11-24-9-7-17(15)26-19-13-4-3-8-25-18(13)27-20(28-19)14-10-12(22)5-6-16(14)23/h3-11H,2H2,1H3,(H,24,25,26,27,28). The van der Waals surface area contributed by atoms with Gasteiger partial charge in [0, 0.05) is 23.6 Å². The van der Waals surface area contributed by atoms with Gasteiger partial charge in [0.05, 0.1) is 23.2 Å². The van der Waals surface area contributed by atoms with Crippen molar-refractivity contribution in [2.24, 2.45) is 0 Å². The molecular weight excluding hydrogens is 409 g/mol. The van der Waals surface area contributed by atoms with Crippen LogP contribution in [0.15, 0.2) is 55.0 Å². The summed E-state index contributed by atoms with van der Waals surface area (Å²) in [7, 11) is 0. The molecule has 0 amide bonds. The molecule has 0 bridgehead atoms. The number of esters is 1. The molecule has 0 spiro atoms. The highest BCUT2D eigenvalue weighted by molar-refractivity contribution is 6.30. The number of ether oxygens (including phenoxy) is 1. The topological polar surface area (TPSA) is 89.9 Å². The summed E-state index contributed by atoms with van der Waals surface area (Å²) in [6.07, 6.45) is 4.51. The summed E-state index contributed by atoms with van der Waals surface area (Å²) in [4.78, 5) is 29.4. The highest BCUT2D eigenvalue weighted by Gasteiger charge is 2.17. The first kappa shape index (κ1) is 19.7. The highest BCUT2D eigenvalue weighted by atomic mass is 35.5. The Kier molecular flexibility index (Phi) is 5.49. The van der Waals surface area contributed by atoms with Crippen molar-refractivity contribution in [3.8, 4) is 11.4 Å². The van der Waals surface area contributed by atoms with Crippen LogP contribution in [0.25, 0.3) is 22.4 Å². The number of carbonyl (C=O) groups excluding carboxylic acids is 1. The van der Waals surface area contributed by atoms with E-state index in [4.69, 9.17) is 16.3 Å². The van der Waals surface area contributed by atoms with Crippen molar-refractivity contribution in [1.82, 2.24) is 19.9 Å². The molecule has 0 aliphatic carbocycles. The molecule has 1 N–H and O–H groups in total. The summed E-state index contributed by atoms with van der Waals surface area (Å²) in [6, 6.07) is 9.26. The van der Waals surface area contributed by atoms with Crippen LogP contribution in [-0.2, 0) is 4.74 Å². The van der Waals surface area contributed by atoms with Crippen LogP contribution in [-0.4, -0.2) is 32.5 Å². The summed E-state index contributed by atoms with van der Waals surface area (Å²) in [5.41, 5.74) is 1.17. The third-order valence-corrected chi connectivity index (χ3v) is 4.45. The number of nitrogens with one attached hydrogen (secondary N) is 1. The molecule has 4 rings (SSSR count). The number of aromatic nitrogens is 4. The van der Waals surface area contributed by atoms with Crippen LogP contribution in [0.4, 0.5) is 15.9 Å². The van der Waals surface area contributed by atoms with Gasteiger partial charge in [0.15, 0.2) is 11.5 Å². The molecule has 0 saturated carbocycles. The maximum atomic E-state index is 14.4. The number of nitrogens with zero attached hydrogens (tertiary/aromatic N) is 4. The molecule has 3 aromatic heterocycles. The van der Waals surface area contributed by atoms with Crippen LogP contribution < -0.4 is 5.32 Å². The fourth-order valence-electron chi connectivity index (χ4n) is 2.85. The third kappa shape index (κ3) is 3.90. The fraction of sp³-hybridized carbons (Fsp3) is 0.0952. The lowest BCUT2D eigenvalue weighted by Gasteiger charge is -2.13. The third-order valence-electron chi connectivity index (χ3n) is 4.21. The first-order valence-corrected chi connectivity index (χ1v) is 9.41. The first-order valence-electron chi connectivity index (χ1n) is 9.03. The number of pyridine rings is 2. The van der Waals surface area contributed by atoms with Crippen molar-refractivity contribution in [3.63, 3.8) is 0 Å². The number of anilines is 2. The summed E-state index contributed by atoms with van der Waals surface area (Å²) >= 11 is 6.03. The molecule has 0 radical (unpaired) electrons. The smallest absolute Gasteiger partial charge is 0.341 e. The number of rotatable bonds is 5. The minimum absolute atomic E-state index is 0.107. The van der Waals surface area contributed by atoms with Crippen LogP contribution in [0.2, 0.25) is 5.02 Å². The lowest BCUT2D eigenvalue weighted by molar-refractivity contribution is 0.0527. The van der Waals surface area contributed by atoms with Crippen LogP contribution in [0.1, 0.15) is 17.3 Å². The molecule has 0 fully saturated rings. The molecule has 4 aromatic rings. The number of carbonyl (C=O) groups is 1. The summed E-state index contributed by atoms with van der Waals surface area (Å²) in [5.74, 6) is -0.586. The number of halogens is 2. The van der Waals surface area contributed by atoms with E-state index in [0.717, 1.165) is 0 Å². The van der Waals surface area contributed by atoms with E-state index in [1.54, 1.807) is 31.3 Å². The van der Waals surface area contributed by atoms with E-state index in [9.17, 15) is 9.18 Å². The van der Waals surface area contributed by atoms with Crippen molar-refractivity contribution in [2.75, 3.05) is 11.9 Å². The molecule has 0 unspecified atom stereocenters. The molecule has 9 heteroatoms. The molecule has 3 heterocycles. The first-order chi connectivity index (χ1) is 14.6. The Balaban J connectivity index is 1.86. The number of fused-ring (bicyclic) bond motifs is 1. The van der Waals surface area contributed by atoms with Crippen molar-refractivity contribution in [3.05, 3.63) is 71.4 Å². The van der Waals surface area contributed by atoms with E-state index in [2.05, 4.69) is 25.3 Å². The molecular formula is C21H15ClFN5O2. The van der Waals surface area contributed by atoms with Gasteiger partial charge in [0.2, 0.25) is 0 Å². The second-order valence-corrected chi connectivity index (χ2v) is 6.60. The predicted molar refractivity (Wildman–Crippen MR) is 111 cm³/mol. The van der Waals surface area contributed by atoms with Gasteiger partial charge in [-0.15, -0.1) is 0 Å². The van der Waals surface area contributed by atoms with Gasteiger partial charge in [-0.25, -0.2) is 24.1 Å². The molecule has 150 valence electrons. The molecule has 30 heavy (non-hydrogen) atoms. The van der Waals surface area contributed by atoms with Gasteiger partial charge in [0.1, 0.15) is 17.2 Å². The van der Waals surface area contributed by atoms with Gasteiger partial charge in [-0.1, -0.05) is 11.6 Å². The molecule has 0 aliphatic rings. The van der Waals surface area contributed by atoms with Crippen molar-refractivity contribution in [2.45, 2.75) is 6.92 Å². The van der Waals surface area contributed by atoms with E-state index in [-0.39, 0.29) is 23.6 Å². The number of hydrogen-bond acceptors (Lipinski definition) is 7. The van der Waals surface area contributed by atoms with Crippen LogP contribution in [0.5, 0.6) is 0 Å². The number of benzene rings is 1. The van der Waals surface area contributed by atoms with E-state index in [1.165, 1.54) is 30.6 Å². The average molecular weight is 424 g/mol. The molecule has 0 atom stereocenters. The SMILES string of the molecule is CCOC(=O)c1cnccc1Nc1nc(-c2cc(Cl)ccc2F)nc2ncccc12. The summed E-state index contributed by atoms with van der Waals surface area (Å²) in [6.45, 7) is 1.95. The van der Waals surface area contributed by atoms with E-state index >= 15 is 0 Å². The molecule has 1 aromatic carbocycles. The van der Waals surface area contributed by atoms with Crippen LogP contribution in [0.3, 0.4) is 0 Å². The lowest BCUT2D eigenvalue weighted by Crippen LogP contribution is -2.09. The van der Waals surface area contributed by atoms with E-state index < -0.39 is 11.8 Å². The zero-order valence-corrected chi connectivity index (χ0v) is 16.5. The molecule has 0 saturated heterocycles. The molecule has 0 aliphatic heterocycles. The largest absolute Gasteiger partial charge is 0.462 e. The van der Waals surface area contributed by atoms with Crippen molar-refractivity contribution < 1.29 is 13.9 Å². The Morgan fingerprint density at radius 1 is 1.20 bits per heavy atom. The second-order valence-electron chi connectivity index (χ2n) is 6.16. The van der Waals surface area contributed by atoms with Crippen molar-refractivity contribution >= 4 is 40.1 Å². The highest BCUT2D eigenvalue weighted by Crippen LogP contribution is 2.30. The fourth-order valence-corrected chi connectivity index (χ4v) is 3.02. The van der Waals surface area contributed by atoms with Crippen LogP contribution >= 0.6 is 11.6 Å². The van der Waals surface area contributed by atoms with Gasteiger partial charge < -0.3 is 10.1 Å². The summed E-state index contributed by atoms with van der Waals surface area (Å²) in [5, 5.41) is 4.06.